The van der Waals surface area contributed by atoms with Crippen molar-refractivity contribution >= 4 is 22.8 Å². The van der Waals surface area contributed by atoms with Gasteiger partial charge in [0.25, 0.3) is 0 Å². The number of aryl methyl sites for hydroxylation is 1. The molecule has 6 heteroatoms. The Morgan fingerprint density at radius 3 is 2.48 bits per heavy atom. The van der Waals surface area contributed by atoms with Gasteiger partial charge in [-0.2, -0.15) is 0 Å². The fourth-order valence-corrected chi connectivity index (χ4v) is 3.42. The van der Waals surface area contributed by atoms with Crippen molar-refractivity contribution < 1.29 is 19.4 Å². The zero-order valence-electron chi connectivity index (χ0n) is 17.4. The van der Waals surface area contributed by atoms with Gasteiger partial charge in [-0.15, -0.1) is 0 Å². The summed E-state index contributed by atoms with van der Waals surface area (Å²) in [5.74, 6) is -0.144. The van der Waals surface area contributed by atoms with Crippen LogP contribution in [-0.2, 0) is 16.6 Å². The largest absolute Gasteiger partial charge is 0.507 e. The Labute approximate surface area is 170 Å². The average Bonchev–Trinajstić information content (AvgIpc) is 3.02. The van der Waals surface area contributed by atoms with Crippen LogP contribution in [0.5, 0.6) is 5.75 Å². The minimum Gasteiger partial charge on any atom is -0.507 e. The first kappa shape index (κ1) is 20.6. The molecule has 0 aliphatic heterocycles. The molecular weight excluding hydrogens is 368 g/mol. The maximum Gasteiger partial charge on any atom is 0.338 e. The highest BCUT2D eigenvalue weighted by atomic mass is 16.5. The number of ketones is 1. The predicted octanol–water partition coefficient (Wildman–Crippen LogP) is 4.35. The van der Waals surface area contributed by atoms with Gasteiger partial charge in [0.1, 0.15) is 24.0 Å². The van der Waals surface area contributed by atoms with Crippen molar-refractivity contribution in [3.8, 4) is 17.1 Å². The van der Waals surface area contributed by atoms with Crippen molar-refractivity contribution in [3.05, 3.63) is 48.0 Å². The van der Waals surface area contributed by atoms with Crippen LogP contribution >= 0.6 is 0 Å². The van der Waals surface area contributed by atoms with E-state index in [4.69, 9.17) is 4.74 Å². The summed E-state index contributed by atoms with van der Waals surface area (Å²) in [6.45, 7) is 7.15. The van der Waals surface area contributed by atoms with E-state index in [2.05, 4.69) is 4.98 Å². The molecule has 0 radical (unpaired) electrons. The third-order valence-corrected chi connectivity index (χ3v) is 5.02. The van der Waals surface area contributed by atoms with E-state index in [9.17, 15) is 14.7 Å². The number of Topliss-reactive ketones (excluding diaryl/α,β-unsaturated/α-hetero) is 1. The summed E-state index contributed by atoms with van der Waals surface area (Å²) in [7, 11) is 1.88. The molecular formula is C23H26N2O4. The summed E-state index contributed by atoms with van der Waals surface area (Å²) in [5, 5.41) is 10.5. The lowest BCUT2D eigenvalue weighted by molar-refractivity contribution is -0.132. The van der Waals surface area contributed by atoms with Gasteiger partial charge in [0.15, 0.2) is 0 Å². The number of aromatic nitrogens is 2. The van der Waals surface area contributed by atoms with Crippen molar-refractivity contribution in [2.75, 3.05) is 6.61 Å². The highest BCUT2D eigenvalue weighted by Crippen LogP contribution is 2.32. The molecule has 0 aliphatic rings. The smallest absolute Gasteiger partial charge is 0.338 e. The maximum atomic E-state index is 12.4. The summed E-state index contributed by atoms with van der Waals surface area (Å²) in [6, 6.07) is 12.3. The number of ether oxygens (including phenoxy) is 1. The zero-order chi connectivity index (χ0) is 21.3. The second kappa shape index (κ2) is 7.70. The van der Waals surface area contributed by atoms with E-state index in [1.165, 1.54) is 6.07 Å². The molecule has 1 aromatic heterocycles. The third kappa shape index (κ3) is 4.01. The number of carbonyl (C=O) groups excluding carboxylic acids is 2. The minimum atomic E-state index is -0.765. The van der Waals surface area contributed by atoms with E-state index in [1.807, 2.05) is 49.7 Å². The van der Waals surface area contributed by atoms with Crippen LogP contribution in [-0.4, -0.2) is 33.0 Å². The first-order valence-electron chi connectivity index (χ1n) is 9.58. The standard InChI is InChI=1S/C23H26N2O4/c1-14(2)20(27)23(3,4)13-29-22(28)15-10-11-16(19(26)12-15)21-24-17-8-6-7-9-18(17)25(21)5/h6-12,14,26H,13H2,1-5H3. The van der Waals surface area contributed by atoms with Crippen LogP contribution in [0.15, 0.2) is 42.5 Å². The van der Waals surface area contributed by atoms with Gasteiger partial charge < -0.3 is 14.4 Å². The van der Waals surface area contributed by atoms with Crippen LogP contribution in [0.2, 0.25) is 0 Å². The first-order chi connectivity index (χ1) is 13.6. The predicted molar refractivity (Wildman–Crippen MR) is 112 cm³/mol. The van der Waals surface area contributed by atoms with Crippen molar-refractivity contribution in [2.24, 2.45) is 18.4 Å². The molecule has 0 atom stereocenters. The molecule has 3 aromatic rings. The molecule has 2 aromatic carbocycles. The fraction of sp³-hybridized carbons (Fsp3) is 0.348. The van der Waals surface area contributed by atoms with Gasteiger partial charge in [-0.25, -0.2) is 9.78 Å². The zero-order valence-corrected chi connectivity index (χ0v) is 17.4. The average molecular weight is 394 g/mol. The van der Waals surface area contributed by atoms with E-state index in [0.717, 1.165) is 11.0 Å². The number of rotatable bonds is 6. The molecule has 0 amide bonds. The van der Waals surface area contributed by atoms with Gasteiger partial charge in [0.2, 0.25) is 0 Å². The number of para-hydroxylation sites is 2. The number of hydrogen-bond donors (Lipinski definition) is 1. The minimum absolute atomic E-state index is 0.0177. The van der Waals surface area contributed by atoms with Crippen molar-refractivity contribution in [3.63, 3.8) is 0 Å². The quantitative estimate of drug-likeness (QED) is 0.629. The Kier molecular flexibility index (Phi) is 5.46. The number of phenols is 1. The summed E-state index contributed by atoms with van der Waals surface area (Å²) in [4.78, 5) is 29.2. The lowest BCUT2D eigenvalue weighted by atomic mass is 9.83. The number of esters is 1. The number of carbonyl (C=O) groups is 2. The molecule has 29 heavy (non-hydrogen) atoms. The highest BCUT2D eigenvalue weighted by Gasteiger charge is 2.31. The van der Waals surface area contributed by atoms with E-state index in [1.54, 1.807) is 26.0 Å². The summed E-state index contributed by atoms with van der Waals surface area (Å²) < 4.78 is 7.24. The molecule has 0 bridgehead atoms. The van der Waals surface area contributed by atoms with Crippen LogP contribution in [0.1, 0.15) is 38.1 Å². The number of imidazole rings is 1. The molecule has 0 saturated carbocycles. The topological polar surface area (TPSA) is 81.4 Å². The van der Waals surface area contributed by atoms with Gasteiger partial charge in [0.05, 0.1) is 27.6 Å². The number of phenolic OH excluding ortho intramolecular Hbond substituents is 1. The molecule has 3 rings (SSSR count). The Balaban J connectivity index is 1.81. The highest BCUT2D eigenvalue weighted by molar-refractivity contribution is 5.92. The molecule has 1 N–H and O–H groups in total. The van der Waals surface area contributed by atoms with E-state index in [-0.39, 0.29) is 29.6 Å². The molecule has 0 unspecified atom stereocenters. The van der Waals surface area contributed by atoms with E-state index >= 15 is 0 Å². The SMILES string of the molecule is CC(C)C(=O)C(C)(C)COC(=O)c1ccc(-c2nc3ccccc3n2C)c(O)c1. The molecule has 152 valence electrons. The molecule has 0 aliphatic carbocycles. The van der Waals surface area contributed by atoms with Gasteiger partial charge in [-0.1, -0.05) is 26.0 Å². The van der Waals surface area contributed by atoms with E-state index < -0.39 is 11.4 Å². The molecule has 0 fully saturated rings. The Hall–Kier alpha value is -3.15. The monoisotopic (exact) mass is 394 g/mol. The second-order valence-electron chi connectivity index (χ2n) is 8.19. The Bertz CT molecular complexity index is 1080. The van der Waals surface area contributed by atoms with E-state index in [0.29, 0.717) is 11.4 Å². The number of hydrogen-bond acceptors (Lipinski definition) is 5. The maximum absolute atomic E-state index is 12.4. The Morgan fingerprint density at radius 2 is 1.86 bits per heavy atom. The fourth-order valence-electron chi connectivity index (χ4n) is 3.42. The molecule has 0 saturated heterocycles. The lowest BCUT2D eigenvalue weighted by Crippen LogP contribution is -2.34. The number of aromatic hydroxyl groups is 1. The van der Waals surface area contributed by atoms with Crippen LogP contribution < -0.4 is 0 Å². The summed E-state index contributed by atoms with van der Waals surface area (Å²) in [6.07, 6.45) is 0. The number of nitrogens with zero attached hydrogens (tertiary/aromatic N) is 2. The van der Waals surface area contributed by atoms with Crippen LogP contribution in [0.3, 0.4) is 0 Å². The van der Waals surface area contributed by atoms with Gasteiger partial charge in [-0.05, 0) is 44.2 Å². The summed E-state index contributed by atoms with van der Waals surface area (Å²) in [5.41, 5.74) is 1.75. The molecule has 0 spiro atoms. The second-order valence-corrected chi connectivity index (χ2v) is 8.19. The van der Waals surface area contributed by atoms with Crippen molar-refractivity contribution in [1.82, 2.24) is 9.55 Å². The first-order valence-corrected chi connectivity index (χ1v) is 9.58. The lowest BCUT2D eigenvalue weighted by Gasteiger charge is -2.24. The van der Waals surface area contributed by atoms with Gasteiger partial charge in [-0.3, -0.25) is 4.79 Å². The van der Waals surface area contributed by atoms with Gasteiger partial charge >= 0.3 is 5.97 Å². The third-order valence-electron chi connectivity index (χ3n) is 5.02. The summed E-state index contributed by atoms with van der Waals surface area (Å²) >= 11 is 0. The molecule has 6 nitrogen and oxygen atoms in total. The van der Waals surface area contributed by atoms with Crippen LogP contribution in [0.25, 0.3) is 22.4 Å². The van der Waals surface area contributed by atoms with Crippen LogP contribution in [0.4, 0.5) is 0 Å². The number of benzene rings is 2. The molecule has 1 heterocycles. The Morgan fingerprint density at radius 1 is 1.17 bits per heavy atom. The normalized spacial score (nSPS) is 11.8. The van der Waals surface area contributed by atoms with Crippen molar-refractivity contribution in [1.29, 1.82) is 0 Å². The van der Waals surface area contributed by atoms with Gasteiger partial charge in [0, 0.05) is 13.0 Å². The number of fused-ring (bicyclic) bond motifs is 1. The van der Waals surface area contributed by atoms with Crippen molar-refractivity contribution in [2.45, 2.75) is 27.7 Å². The van der Waals surface area contributed by atoms with Crippen LogP contribution in [0, 0.1) is 11.3 Å².